The van der Waals surface area contributed by atoms with Crippen LogP contribution >= 0.6 is 34.8 Å². The molecule has 0 aromatic carbocycles. The third kappa shape index (κ3) is 1.64. The smallest absolute Gasteiger partial charge is 0.225 e. The van der Waals surface area contributed by atoms with Gasteiger partial charge in [-0.3, -0.25) is 0 Å². The summed E-state index contributed by atoms with van der Waals surface area (Å²) in [5, 5.41) is 0.673. The molecule has 0 unspecified atom stereocenters. The summed E-state index contributed by atoms with van der Waals surface area (Å²) in [6, 6.07) is 0.324. The van der Waals surface area contributed by atoms with Crippen LogP contribution in [0.5, 0.6) is 0 Å². The second-order valence-corrected chi connectivity index (χ2v) is 4.99. The molecule has 3 rings (SSSR count). The molecule has 0 spiro atoms. The van der Waals surface area contributed by atoms with E-state index >= 15 is 0 Å². The van der Waals surface area contributed by atoms with Crippen molar-refractivity contribution in [3.05, 3.63) is 15.5 Å². The number of halogens is 3. The maximum Gasteiger partial charge on any atom is 0.225 e. The van der Waals surface area contributed by atoms with Gasteiger partial charge in [-0.2, -0.15) is 4.98 Å². The van der Waals surface area contributed by atoms with Gasteiger partial charge in [-0.15, -0.1) is 0 Å². The highest BCUT2D eigenvalue weighted by Crippen LogP contribution is 2.37. The molecule has 2 aliphatic rings. The Balaban J connectivity index is 2.00. The summed E-state index contributed by atoms with van der Waals surface area (Å²) in [5.74, 6) is 0.613. The number of ether oxygens (including phenoxy) is 1. The van der Waals surface area contributed by atoms with Crippen molar-refractivity contribution in [3.63, 3.8) is 0 Å². The Kier molecular flexibility index (Phi) is 2.63. The van der Waals surface area contributed by atoms with Gasteiger partial charge in [0.05, 0.1) is 18.8 Å². The van der Waals surface area contributed by atoms with Crippen molar-refractivity contribution in [2.24, 2.45) is 0 Å². The molecule has 16 heavy (non-hydrogen) atoms. The first-order chi connectivity index (χ1) is 7.65. The number of hydrogen-bond donors (Lipinski definition) is 0. The van der Waals surface area contributed by atoms with Crippen molar-refractivity contribution in [2.45, 2.75) is 18.6 Å². The minimum atomic E-state index is 0.119. The molecule has 1 aromatic heterocycles. The molecule has 2 fully saturated rings. The van der Waals surface area contributed by atoms with E-state index in [0.717, 1.165) is 13.0 Å². The lowest BCUT2D eigenvalue weighted by atomic mass is 10.2. The van der Waals surface area contributed by atoms with E-state index in [1.807, 2.05) is 0 Å². The lowest BCUT2D eigenvalue weighted by molar-refractivity contribution is 0.0989. The van der Waals surface area contributed by atoms with E-state index in [4.69, 9.17) is 39.5 Å². The summed E-state index contributed by atoms with van der Waals surface area (Å²) in [4.78, 5) is 10.0. The Labute approximate surface area is 107 Å². The molecule has 0 saturated carbocycles. The Morgan fingerprint density at radius 3 is 2.69 bits per heavy atom. The van der Waals surface area contributed by atoms with Gasteiger partial charge in [0.15, 0.2) is 11.0 Å². The predicted octanol–water partition coefficient (Wildman–Crippen LogP) is 2.41. The van der Waals surface area contributed by atoms with Crippen LogP contribution in [0.1, 0.15) is 6.42 Å². The fraction of sp³-hybridized carbons (Fsp3) is 0.556. The molecule has 2 saturated heterocycles. The quantitative estimate of drug-likeness (QED) is 0.585. The third-order valence-corrected chi connectivity index (χ3v) is 3.83. The van der Waals surface area contributed by atoms with Crippen molar-refractivity contribution in [1.29, 1.82) is 0 Å². The first kappa shape index (κ1) is 10.8. The highest BCUT2D eigenvalue weighted by Gasteiger charge is 2.40. The van der Waals surface area contributed by atoms with Crippen LogP contribution in [0.2, 0.25) is 15.5 Å². The summed E-state index contributed by atoms with van der Waals surface area (Å²) in [6.07, 6.45) is 1.28. The summed E-state index contributed by atoms with van der Waals surface area (Å²) in [7, 11) is 0. The van der Waals surface area contributed by atoms with E-state index < -0.39 is 0 Å². The van der Waals surface area contributed by atoms with E-state index in [9.17, 15) is 0 Å². The Morgan fingerprint density at radius 1 is 1.25 bits per heavy atom. The van der Waals surface area contributed by atoms with Crippen LogP contribution in [0, 0.1) is 0 Å². The first-order valence-corrected chi connectivity index (χ1v) is 6.05. The van der Waals surface area contributed by atoms with Crippen LogP contribution in [-0.2, 0) is 4.74 Å². The number of rotatable bonds is 1. The number of anilines is 1. The van der Waals surface area contributed by atoms with Crippen LogP contribution in [-0.4, -0.2) is 35.3 Å². The molecule has 7 heteroatoms. The number of aromatic nitrogens is 2. The standard InChI is InChI=1S/C9H8Cl3N3O/c10-6-7(11)13-9(12)14-8(6)15-2-5-1-4(15)3-16-5/h4-5H,1-3H2/t4-,5-/m0/s1. The fourth-order valence-electron chi connectivity index (χ4n) is 2.23. The van der Waals surface area contributed by atoms with Gasteiger partial charge in [0, 0.05) is 6.54 Å². The van der Waals surface area contributed by atoms with Crippen molar-refractivity contribution >= 4 is 40.6 Å². The van der Waals surface area contributed by atoms with Crippen LogP contribution < -0.4 is 4.90 Å². The molecule has 2 aliphatic heterocycles. The highest BCUT2D eigenvalue weighted by atomic mass is 35.5. The molecule has 0 radical (unpaired) electrons. The Hall–Kier alpha value is -0.290. The lowest BCUT2D eigenvalue weighted by Crippen LogP contribution is -2.37. The van der Waals surface area contributed by atoms with Gasteiger partial charge < -0.3 is 9.64 Å². The van der Waals surface area contributed by atoms with Gasteiger partial charge in [-0.1, -0.05) is 23.2 Å². The SMILES string of the molecule is Clc1nc(Cl)c(Cl)c(N2C[C@@H]3C[C@H]2CO3)n1. The summed E-state index contributed by atoms with van der Waals surface area (Å²) < 4.78 is 5.51. The van der Waals surface area contributed by atoms with E-state index in [2.05, 4.69) is 14.9 Å². The zero-order chi connectivity index (χ0) is 11.3. The zero-order valence-corrected chi connectivity index (χ0v) is 10.4. The maximum atomic E-state index is 6.08. The van der Waals surface area contributed by atoms with Gasteiger partial charge in [-0.05, 0) is 18.0 Å². The van der Waals surface area contributed by atoms with Crippen LogP contribution in [0.15, 0.2) is 0 Å². The van der Waals surface area contributed by atoms with Gasteiger partial charge in [0.25, 0.3) is 0 Å². The lowest BCUT2D eigenvalue weighted by Gasteiger charge is -2.28. The molecule has 0 aliphatic carbocycles. The third-order valence-electron chi connectivity index (χ3n) is 2.94. The van der Waals surface area contributed by atoms with Gasteiger partial charge in [-0.25, -0.2) is 4.98 Å². The van der Waals surface area contributed by atoms with Crippen LogP contribution in [0.4, 0.5) is 5.82 Å². The Bertz CT molecular complexity index is 442. The molecule has 2 bridgehead atoms. The molecular formula is C9H8Cl3N3O. The monoisotopic (exact) mass is 279 g/mol. The second kappa shape index (κ2) is 3.88. The van der Waals surface area contributed by atoms with E-state index in [1.54, 1.807) is 0 Å². The number of morpholine rings is 1. The zero-order valence-electron chi connectivity index (χ0n) is 8.16. The van der Waals surface area contributed by atoms with Crippen molar-refractivity contribution < 1.29 is 4.74 Å². The van der Waals surface area contributed by atoms with Crippen LogP contribution in [0.25, 0.3) is 0 Å². The first-order valence-electron chi connectivity index (χ1n) is 4.92. The largest absolute Gasteiger partial charge is 0.374 e. The number of nitrogens with zero attached hydrogens (tertiary/aromatic N) is 3. The fourth-order valence-corrected chi connectivity index (χ4v) is 2.80. The van der Waals surface area contributed by atoms with Crippen molar-refractivity contribution in [1.82, 2.24) is 9.97 Å². The molecule has 0 N–H and O–H groups in total. The van der Waals surface area contributed by atoms with E-state index in [-0.39, 0.29) is 16.5 Å². The number of fused-ring (bicyclic) bond motifs is 2. The number of hydrogen-bond acceptors (Lipinski definition) is 4. The van der Waals surface area contributed by atoms with Crippen LogP contribution in [0.3, 0.4) is 0 Å². The summed E-state index contributed by atoms with van der Waals surface area (Å²) in [5.41, 5.74) is 0. The normalized spacial score (nSPS) is 27.8. The summed E-state index contributed by atoms with van der Waals surface area (Å²) in [6.45, 7) is 1.49. The molecule has 1 aromatic rings. The minimum Gasteiger partial charge on any atom is -0.374 e. The molecule has 2 atom stereocenters. The summed E-state index contributed by atoms with van der Waals surface area (Å²) >= 11 is 17.7. The average molecular weight is 281 g/mol. The molecule has 86 valence electrons. The highest BCUT2D eigenvalue weighted by molar-refractivity contribution is 6.43. The van der Waals surface area contributed by atoms with Gasteiger partial charge in [0.1, 0.15) is 5.02 Å². The average Bonchev–Trinajstić information content (AvgIpc) is 2.84. The molecule has 3 heterocycles. The van der Waals surface area contributed by atoms with Crippen molar-refractivity contribution in [2.75, 3.05) is 18.1 Å². The van der Waals surface area contributed by atoms with E-state index in [0.29, 0.717) is 23.5 Å². The molecule has 4 nitrogen and oxygen atoms in total. The predicted molar refractivity (Wildman–Crippen MR) is 62.6 cm³/mol. The van der Waals surface area contributed by atoms with Gasteiger partial charge >= 0.3 is 0 Å². The maximum absolute atomic E-state index is 6.08. The van der Waals surface area contributed by atoms with E-state index in [1.165, 1.54) is 0 Å². The molecular weight excluding hydrogens is 272 g/mol. The van der Waals surface area contributed by atoms with Crippen molar-refractivity contribution in [3.8, 4) is 0 Å². The molecule has 0 amide bonds. The Morgan fingerprint density at radius 2 is 2.06 bits per heavy atom. The van der Waals surface area contributed by atoms with Gasteiger partial charge in [0.2, 0.25) is 5.28 Å². The second-order valence-electron chi connectivity index (χ2n) is 3.92. The minimum absolute atomic E-state index is 0.119. The topological polar surface area (TPSA) is 38.2 Å².